The molecule has 0 bridgehead atoms. The molecule has 160 valence electrons. The zero-order valence-corrected chi connectivity index (χ0v) is 16.9. The normalized spacial score (nSPS) is 11.7. The first-order chi connectivity index (χ1) is 15.5. The van der Waals surface area contributed by atoms with Crippen LogP contribution in [0.25, 0.3) is 5.69 Å². The van der Waals surface area contributed by atoms with Gasteiger partial charge in [0.15, 0.2) is 0 Å². The fourth-order valence-electron chi connectivity index (χ4n) is 3.39. The van der Waals surface area contributed by atoms with Gasteiger partial charge in [0.25, 0.3) is 11.5 Å². The summed E-state index contributed by atoms with van der Waals surface area (Å²) in [4.78, 5) is 25.2. The Bertz CT molecular complexity index is 1310. The Morgan fingerprint density at radius 3 is 2.31 bits per heavy atom. The van der Waals surface area contributed by atoms with Crippen molar-refractivity contribution in [3.8, 4) is 5.69 Å². The standard InChI is InChI=1S/C25H19F2N3O2/c26-19-8-4-6-17(14-19)15-23(18-7-5-9-20(27)16-18)28-25(32)22-12-13-24(31)30(29-22)21-10-2-1-3-11-21/h1-14,16,23H,15H2,(H,28,32). The highest BCUT2D eigenvalue weighted by molar-refractivity contribution is 5.92. The van der Waals surface area contributed by atoms with E-state index in [0.717, 1.165) is 4.68 Å². The molecule has 1 amide bonds. The Kier molecular flexibility index (Phi) is 6.17. The molecule has 1 atom stereocenters. The third-order valence-corrected chi connectivity index (χ3v) is 4.92. The van der Waals surface area contributed by atoms with Crippen molar-refractivity contribution in [2.75, 3.05) is 0 Å². The summed E-state index contributed by atoms with van der Waals surface area (Å²) < 4.78 is 28.7. The molecule has 0 aliphatic carbocycles. The molecule has 0 radical (unpaired) electrons. The average molecular weight is 431 g/mol. The molecule has 1 heterocycles. The van der Waals surface area contributed by atoms with Crippen LogP contribution in [0.15, 0.2) is 95.8 Å². The highest BCUT2D eigenvalue weighted by Gasteiger charge is 2.19. The summed E-state index contributed by atoms with van der Waals surface area (Å²) in [6.07, 6.45) is 0.241. The van der Waals surface area contributed by atoms with E-state index in [9.17, 15) is 18.4 Å². The van der Waals surface area contributed by atoms with Gasteiger partial charge in [0.05, 0.1) is 11.7 Å². The summed E-state index contributed by atoms with van der Waals surface area (Å²) in [5.74, 6) is -1.39. The molecule has 0 aliphatic rings. The molecule has 3 aromatic carbocycles. The lowest BCUT2D eigenvalue weighted by Crippen LogP contribution is -2.32. The van der Waals surface area contributed by atoms with Crippen molar-refractivity contribution in [2.24, 2.45) is 0 Å². The van der Waals surface area contributed by atoms with Gasteiger partial charge in [-0.2, -0.15) is 9.78 Å². The van der Waals surface area contributed by atoms with Crippen LogP contribution >= 0.6 is 0 Å². The van der Waals surface area contributed by atoms with Crippen LogP contribution in [-0.4, -0.2) is 15.7 Å². The fraction of sp³-hybridized carbons (Fsp3) is 0.0800. The number of carbonyl (C=O) groups excluding carboxylic acids is 1. The largest absolute Gasteiger partial charge is 0.344 e. The lowest BCUT2D eigenvalue weighted by molar-refractivity contribution is 0.0929. The Balaban J connectivity index is 1.65. The van der Waals surface area contributed by atoms with Crippen molar-refractivity contribution < 1.29 is 13.6 Å². The number of para-hydroxylation sites is 1. The number of rotatable bonds is 6. The number of aromatic nitrogens is 2. The molecular formula is C25H19F2N3O2. The van der Waals surface area contributed by atoms with Gasteiger partial charge >= 0.3 is 0 Å². The predicted molar refractivity (Wildman–Crippen MR) is 117 cm³/mol. The molecular weight excluding hydrogens is 412 g/mol. The highest BCUT2D eigenvalue weighted by Crippen LogP contribution is 2.20. The number of halogens is 2. The number of nitrogens with zero attached hydrogens (tertiary/aromatic N) is 2. The summed E-state index contributed by atoms with van der Waals surface area (Å²) in [6.45, 7) is 0. The summed E-state index contributed by atoms with van der Waals surface area (Å²) in [6, 6.07) is 22.6. The Morgan fingerprint density at radius 1 is 0.875 bits per heavy atom. The van der Waals surface area contributed by atoms with Crippen LogP contribution in [0.4, 0.5) is 8.78 Å². The van der Waals surface area contributed by atoms with E-state index in [1.807, 2.05) is 0 Å². The van der Waals surface area contributed by atoms with Gasteiger partial charge in [-0.25, -0.2) is 8.78 Å². The molecule has 0 saturated heterocycles. The first-order valence-corrected chi connectivity index (χ1v) is 9.96. The molecule has 1 unspecified atom stereocenters. The van der Waals surface area contributed by atoms with E-state index in [-0.39, 0.29) is 17.7 Å². The minimum absolute atomic E-state index is 0.0223. The van der Waals surface area contributed by atoms with E-state index in [1.165, 1.54) is 36.4 Å². The first-order valence-electron chi connectivity index (χ1n) is 9.96. The lowest BCUT2D eigenvalue weighted by Gasteiger charge is -2.20. The SMILES string of the molecule is O=C(NC(Cc1cccc(F)c1)c1cccc(F)c1)c1ccc(=O)n(-c2ccccc2)n1. The summed E-state index contributed by atoms with van der Waals surface area (Å²) in [5.41, 5.74) is 1.33. The highest BCUT2D eigenvalue weighted by atomic mass is 19.1. The average Bonchev–Trinajstić information content (AvgIpc) is 2.79. The molecule has 4 rings (SSSR count). The van der Waals surface area contributed by atoms with Gasteiger partial charge in [-0.3, -0.25) is 9.59 Å². The van der Waals surface area contributed by atoms with Crippen LogP contribution in [0.1, 0.15) is 27.7 Å². The van der Waals surface area contributed by atoms with E-state index in [1.54, 1.807) is 54.6 Å². The van der Waals surface area contributed by atoms with Gasteiger partial charge in [-0.05, 0) is 60.0 Å². The van der Waals surface area contributed by atoms with Gasteiger partial charge in [0, 0.05) is 6.07 Å². The van der Waals surface area contributed by atoms with Gasteiger partial charge < -0.3 is 5.32 Å². The van der Waals surface area contributed by atoms with Crippen molar-refractivity contribution >= 4 is 5.91 Å². The fourth-order valence-corrected chi connectivity index (χ4v) is 3.39. The third kappa shape index (κ3) is 4.95. The van der Waals surface area contributed by atoms with Crippen LogP contribution in [0.5, 0.6) is 0 Å². The van der Waals surface area contributed by atoms with Crippen LogP contribution in [0, 0.1) is 11.6 Å². The van der Waals surface area contributed by atoms with Crippen LogP contribution in [-0.2, 0) is 6.42 Å². The quantitative estimate of drug-likeness (QED) is 0.497. The Labute approximate surface area is 183 Å². The van der Waals surface area contributed by atoms with Crippen molar-refractivity contribution in [2.45, 2.75) is 12.5 Å². The molecule has 1 aromatic heterocycles. The van der Waals surface area contributed by atoms with Crippen LogP contribution < -0.4 is 10.9 Å². The minimum atomic E-state index is -0.640. The number of carbonyl (C=O) groups is 1. The van der Waals surface area contributed by atoms with Crippen LogP contribution in [0.3, 0.4) is 0 Å². The van der Waals surface area contributed by atoms with Crippen molar-refractivity contribution in [1.29, 1.82) is 0 Å². The minimum Gasteiger partial charge on any atom is -0.344 e. The van der Waals surface area contributed by atoms with Crippen molar-refractivity contribution in [3.05, 3.63) is 130 Å². The maximum absolute atomic E-state index is 13.9. The van der Waals surface area contributed by atoms with E-state index >= 15 is 0 Å². The maximum atomic E-state index is 13.9. The van der Waals surface area contributed by atoms with Crippen LogP contribution in [0.2, 0.25) is 0 Å². The number of hydrogen-bond acceptors (Lipinski definition) is 3. The molecule has 32 heavy (non-hydrogen) atoms. The molecule has 0 aliphatic heterocycles. The van der Waals surface area contributed by atoms with Gasteiger partial charge in [0.2, 0.25) is 0 Å². The Morgan fingerprint density at radius 2 is 1.59 bits per heavy atom. The number of nitrogens with one attached hydrogen (secondary N) is 1. The number of amides is 1. The van der Waals surface area contributed by atoms with E-state index < -0.39 is 23.6 Å². The monoisotopic (exact) mass is 431 g/mol. The van der Waals surface area contributed by atoms with E-state index in [4.69, 9.17) is 0 Å². The number of benzene rings is 3. The van der Waals surface area contributed by atoms with E-state index in [0.29, 0.717) is 16.8 Å². The van der Waals surface area contributed by atoms with Crippen molar-refractivity contribution in [3.63, 3.8) is 0 Å². The Hall–Kier alpha value is -4.13. The molecule has 1 N–H and O–H groups in total. The lowest BCUT2D eigenvalue weighted by atomic mass is 9.98. The molecule has 5 nitrogen and oxygen atoms in total. The number of hydrogen-bond donors (Lipinski definition) is 1. The third-order valence-electron chi connectivity index (χ3n) is 4.92. The molecule has 0 spiro atoms. The predicted octanol–water partition coefficient (Wildman–Crippen LogP) is 4.22. The van der Waals surface area contributed by atoms with E-state index in [2.05, 4.69) is 10.4 Å². The molecule has 7 heteroatoms. The molecule has 0 saturated carbocycles. The van der Waals surface area contributed by atoms with Gasteiger partial charge in [-0.1, -0.05) is 42.5 Å². The zero-order chi connectivity index (χ0) is 22.5. The molecule has 4 aromatic rings. The maximum Gasteiger partial charge on any atom is 0.272 e. The summed E-state index contributed by atoms with van der Waals surface area (Å²) >= 11 is 0. The second kappa shape index (κ2) is 9.34. The second-order valence-electron chi connectivity index (χ2n) is 7.22. The topological polar surface area (TPSA) is 64.0 Å². The summed E-state index contributed by atoms with van der Waals surface area (Å²) in [5, 5.41) is 7.02. The van der Waals surface area contributed by atoms with Crippen molar-refractivity contribution in [1.82, 2.24) is 15.1 Å². The second-order valence-corrected chi connectivity index (χ2v) is 7.22. The first kappa shape index (κ1) is 21.1. The molecule has 0 fully saturated rings. The van der Waals surface area contributed by atoms with Gasteiger partial charge in [0.1, 0.15) is 17.3 Å². The van der Waals surface area contributed by atoms with Gasteiger partial charge in [-0.15, -0.1) is 0 Å². The summed E-state index contributed by atoms with van der Waals surface area (Å²) in [7, 11) is 0. The zero-order valence-electron chi connectivity index (χ0n) is 16.9. The smallest absolute Gasteiger partial charge is 0.272 e.